The fraction of sp³-hybridized carbons (Fsp3) is 0.200. The molecule has 16 heavy (non-hydrogen) atoms. The molecule has 0 heterocycles. The highest BCUT2D eigenvalue weighted by Crippen LogP contribution is 2.20. The van der Waals surface area contributed by atoms with Gasteiger partial charge < -0.3 is 5.11 Å². The molecule has 0 atom stereocenters. The number of nitrogens with one attached hydrogen (secondary N) is 2. The molecule has 86 valence electrons. The Morgan fingerprint density at radius 3 is 2.44 bits per heavy atom. The zero-order valence-corrected chi connectivity index (χ0v) is 9.50. The Balaban J connectivity index is 2.31. The van der Waals surface area contributed by atoms with Crippen molar-refractivity contribution in [1.29, 1.82) is 0 Å². The first-order valence-electron chi connectivity index (χ1n) is 4.55. The number of thioether (sulfide) groups is 1. The van der Waals surface area contributed by atoms with Crippen molar-refractivity contribution in [2.45, 2.75) is 11.8 Å². The van der Waals surface area contributed by atoms with Gasteiger partial charge in [-0.15, -0.1) is 11.8 Å². The molecule has 0 spiro atoms. The summed E-state index contributed by atoms with van der Waals surface area (Å²) in [5.41, 5.74) is 4.45. The molecule has 2 amide bonds. The quantitative estimate of drug-likeness (QED) is 0.535. The molecule has 0 aliphatic rings. The molecule has 0 aromatic heterocycles. The second kappa shape index (κ2) is 6.02. The number of benzene rings is 1. The number of phenolic OH excluding ortho intramolecular Hbond substituents is 1. The van der Waals surface area contributed by atoms with Crippen molar-refractivity contribution in [3.05, 3.63) is 24.3 Å². The van der Waals surface area contributed by atoms with Gasteiger partial charge in [0.05, 0.1) is 5.75 Å². The predicted molar refractivity (Wildman–Crippen MR) is 60.8 cm³/mol. The highest BCUT2D eigenvalue weighted by Gasteiger charge is 2.02. The van der Waals surface area contributed by atoms with Gasteiger partial charge in [0.15, 0.2) is 0 Å². The average molecular weight is 240 g/mol. The van der Waals surface area contributed by atoms with Gasteiger partial charge in [0.2, 0.25) is 11.8 Å². The zero-order valence-electron chi connectivity index (χ0n) is 8.69. The van der Waals surface area contributed by atoms with Crippen LogP contribution >= 0.6 is 11.8 Å². The third-order valence-corrected chi connectivity index (χ3v) is 2.60. The number of phenols is 1. The van der Waals surface area contributed by atoms with E-state index in [9.17, 15) is 9.59 Å². The number of hydrazine groups is 1. The van der Waals surface area contributed by atoms with Gasteiger partial charge >= 0.3 is 0 Å². The van der Waals surface area contributed by atoms with E-state index >= 15 is 0 Å². The minimum absolute atomic E-state index is 0.187. The van der Waals surface area contributed by atoms with E-state index in [-0.39, 0.29) is 23.3 Å². The number of hydrogen-bond acceptors (Lipinski definition) is 4. The highest BCUT2D eigenvalue weighted by atomic mass is 32.2. The summed E-state index contributed by atoms with van der Waals surface area (Å²) in [6.07, 6.45) is 0. The predicted octanol–water partition coefficient (Wildman–Crippen LogP) is 0.652. The van der Waals surface area contributed by atoms with Crippen LogP contribution in [0.2, 0.25) is 0 Å². The maximum Gasteiger partial charge on any atom is 0.248 e. The molecule has 1 rings (SSSR count). The molecular formula is C10H12N2O3S. The van der Waals surface area contributed by atoms with Gasteiger partial charge in [-0.05, 0) is 24.3 Å². The average Bonchev–Trinajstić information content (AvgIpc) is 2.25. The highest BCUT2D eigenvalue weighted by molar-refractivity contribution is 8.00. The van der Waals surface area contributed by atoms with Crippen LogP contribution in [0.1, 0.15) is 6.92 Å². The SMILES string of the molecule is CC(=O)NNC(=O)CSc1ccc(O)cc1. The molecule has 1 aromatic carbocycles. The number of amides is 2. The van der Waals surface area contributed by atoms with E-state index in [0.29, 0.717) is 0 Å². The van der Waals surface area contributed by atoms with E-state index in [1.807, 2.05) is 0 Å². The Labute approximate surface area is 97.2 Å². The van der Waals surface area contributed by atoms with Gasteiger partial charge in [-0.2, -0.15) is 0 Å². The first-order valence-corrected chi connectivity index (χ1v) is 5.54. The summed E-state index contributed by atoms with van der Waals surface area (Å²) < 4.78 is 0. The van der Waals surface area contributed by atoms with Gasteiger partial charge in [0.25, 0.3) is 0 Å². The Kier molecular flexibility index (Phi) is 4.65. The number of carbonyl (C=O) groups excluding carboxylic acids is 2. The third-order valence-electron chi connectivity index (χ3n) is 1.58. The lowest BCUT2D eigenvalue weighted by Gasteiger charge is -2.04. The van der Waals surface area contributed by atoms with E-state index in [2.05, 4.69) is 10.9 Å². The molecule has 0 aliphatic heterocycles. The lowest BCUT2D eigenvalue weighted by molar-refractivity contribution is -0.126. The lowest BCUT2D eigenvalue weighted by Crippen LogP contribution is -2.41. The minimum atomic E-state index is -0.317. The maximum atomic E-state index is 11.2. The van der Waals surface area contributed by atoms with Crippen molar-refractivity contribution in [2.75, 3.05) is 5.75 Å². The van der Waals surface area contributed by atoms with Crippen LogP contribution in [-0.4, -0.2) is 22.7 Å². The Bertz CT molecular complexity index is 378. The summed E-state index contributed by atoms with van der Waals surface area (Å²) >= 11 is 1.31. The smallest absolute Gasteiger partial charge is 0.248 e. The monoisotopic (exact) mass is 240 g/mol. The summed E-state index contributed by atoms with van der Waals surface area (Å²) in [5.74, 6) is -0.214. The second-order valence-electron chi connectivity index (χ2n) is 3.01. The third kappa shape index (κ3) is 4.70. The van der Waals surface area contributed by atoms with Gasteiger partial charge in [0.1, 0.15) is 5.75 Å². The first-order chi connectivity index (χ1) is 7.58. The normalized spacial score (nSPS) is 9.56. The van der Waals surface area contributed by atoms with E-state index < -0.39 is 0 Å². The summed E-state index contributed by atoms with van der Waals surface area (Å²) in [4.78, 5) is 22.6. The largest absolute Gasteiger partial charge is 0.508 e. The van der Waals surface area contributed by atoms with Gasteiger partial charge in [-0.3, -0.25) is 20.4 Å². The van der Waals surface area contributed by atoms with Crippen molar-refractivity contribution in [3.8, 4) is 5.75 Å². The molecule has 0 aliphatic carbocycles. The van der Waals surface area contributed by atoms with Gasteiger partial charge in [0, 0.05) is 11.8 Å². The molecular weight excluding hydrogens is 228 g/mol. The number of aromatic hydroxyl groups is 1. The van der Waals surface area contributed by atoms with Crippen LogP contribution in [0.3, 0.4) is 0 Å². The van der Waals surface area contributed by atoms with Crippen molar-refractivity contribution in [1.82, 2.24) is 10.9 Å². The van der Waals surface area contributed by atoms with Crippen LogP contribution in [0.25, 0.3) is 0 Å². The van der Waals surface area contributed by atoms with Crippen molar-refractivity contribution >= 4 is 23.6 Å². The van der Waals surface area contributed by atoms with E-state index in [4.69, 9.17) is 5.11 Å². The molecule has 6 heteroatoms. The minimum Gasteiger partial charge on any atom is -0.508 e. The van der Waals surface area contributed by atoms with E-state index in [1.54, 1.807) is 24.3 Å². The van der Waals surface area contributed by atoms with Crippen LogP contribution in [-0.2, 0) is 9.59 Å². The Morgan fingerprint density at radius 1 is 1.25 bits per heavy atom. The fourth-order valence-corrected chi connectivity index (χ4v) is 1.58. The number of rotatable bonds is 3. The van der Waals surface area contributed by atoms with Crippen LogP contribution in [0.5, 0.6) is 5.75 Å². The van der Waals surface area contributed by atoms with Crippen LogP contribution in [0.15, 0.2) is 29.2 Å². The molecule has 1 aromatic rings. The molecule has 5 nitrogen and oxygen atoms in total. The Morgan fingerprint density at radius 2 is 1.88 bits per heavy atom. The molecule has 0 fully saturated rings. The Hall–Kier alpha value is -1.69. The lowest BCUT2D eigenvalue weighted by atomic mass is 10.3. The summed E-state index contributed by atoms with van der Waals surface area (Å²) in [6, 6.07) is 6.53. The van der Waals surface area contributed by atoms with Crippen LogP contribution in [0.4, 0.5) is 0 Å². The standard InChI is InChI=1S/C10H12N2O3S/c1-7(13)11-12-10(15)6-16-9-4-2-8(14)3-5-9/h2-5,14H,6H2,1H3,(H,11,13)(H,12,15). The van der Waals surface area contributed by atoms with Gasteiger partial charge in [-0.1, -0.05) is 0 Å². The van der Waals surface area contributed by atoms with Crippen molar-refractivity contribution in [2.24, 2.45) is 0 Å². The van der Waals surface area contributed by atoms with Crippen molar-refractivity contribution in [3.63, 3.8) is 0 Å². The molecule has 3 N–H and O–H groups in total. The maximum absolute atomic E-state index is 11.2. The van der Waals surface area contributed by atoms with Crippen LogP contribution < -0.4 is 10.9 Å². The second-order valence-corrected chi connectivity index (χ2v) is 4.06. The zero-order chi connectivity index (χ0) is 12.0. The number of hydrogen-bond donors (Lipinski definition) is 3. The summed E-state index contributed by atoms with van der Waals surface area (Å²) in [7, 11) is 0. The molecule has 0 bridgehead atoms. The molecule has 0 radical (unpaired) electrons. The summed E-state index contributed by atoms with van der Waals surface area (Å²) in [6.45, 7) is 1.31. The molecule has 0 saturated heterocycles. The topological polar surface area (TPSA) is 78.4 Å². The van der Waals surface area contributed by atoms with Crippen molar-refractivity contribution < 1.29 is 14.7 Å². The molecule has 0 saturated carbocycles. The van der Waals surface area contributed by atoms with Gasteiger partial charge in [-0.25, -0.2) is 0 Å². The fourth-order valence-electron chi connectivity index (χ4n) is 0.885. The molecule has 0 unspecified atom stereocenters. The summed E-state index contributed by atoms with van der Waals surface area (Å²) in [5, 5.41) is 9.04. The van der Waals surface area contributed by atoms with Crippen LogP contribution in [0, 0.1) is 0 Å². The van der Waals surface area contributed by atoms with E-state index in [0.717, 1.165) is 4.90 Å². The first kappa shape index (κ1) is 12.4. The number of carbonyl (C=O) groups is 2. The van der Waals surface area contributed by atoms with E-state index in [1.165, 1.54) is 18.7 Å².